The highest BCUT2D eigenvalue weighted by Gasteiger charge is 2.43. The molecule has 0 bridgehead atoms. The molecule has 1 aliphatic heterocycles. The van der Waals surface area contributed by atoms with Gasteiger partial charge in [-0.2, -0.15) is 0 Å². The van der Waals surface area contributed by atoms with Crippen molar-refractivity contribution >= 4 is 17.7 Å². The molecule has 21 heavy (non-hydrogen) atoms. The highest BCUT2D eigenvalue weighted by atomic mass is 32.2. The summed E-state index contributed by atoms with van der Waals surface area (Å²) in [5.74, 6) is -0.0215. The molecule has 0 aromatic rings. The molecule has 2 rings (SSSR count). The molecule has 2 fully saturated rings. The Morgan fingerprint density at radius 2 is 1.90 bits per heavy atom. The van der Waals surface area contributed by atoms with E-state index in [0.717, 1.165) is 25.7 Å². The van der Waals surface area contributed by atoms with Gasteiger partial charge in [-0.15, -0.1) is 11.8 Å². The molecular formula is C14H25NO5S. The van der Waals surface area contributed by atoms with E-state index in [1.165, 1.54) is 18.7 Å². The Hall–Kier alpha value is -0.340. The lowest BCUT2D eigenvalue weighted by atomic mass is 9.95. The van der Waals surface area contributed by atoms with Crippen LogP contribution in [0.4, 0.5) is 0 Å². The van der Waals surface area contributed by atoms with Crippen LogP contribution in [0, 0.1) is 0 Å². The number of thioether (sulfide) groups is 1. The van der Waals surface area contributed by atoms with Crippen LogP contribution in [-0.2, 0) is 9.53 Å². The van der Waals surface area contributed by atoms with Crippen molar-refractivity contribution in [2.75, 3.05) is 0 Å². The van der Waals surface area contributed by atoms with E-state index in [9.17, 15) is 20.1 Å². The van der Waals surface area contributed by atoms with Gasteiger partial charge >= 0.3 is 0 Å². The molecule has 7 heteroatoms. The van der Waals surface area contributed by atoms with Gasteiger partial charge in [0.05, 0.1) is 6.10 Å². The average Bonchev–Trinajstić information content (AvgIpc) is 2.42. The topological polar surface area (TPSA) is 99.0 Å². The molecule has 2 unspecified atom stereocenters. The van der Waals surface area contributed by atoms with Crippen molar-refractivity contribution in [2.45, 2.75) is 80.7 Å². The van der Waals surface area contributed by atoms with E-state index in [4.69, 9.17) is 4.74 Å². The molecule has 1 heterocycles. The predicted molar refractivity (Wildman–Crippen MR) is 79.8 cm³/mol. The maximum absolute atomic E-state index is 11.1. The van der Waals surface area contributed by atoms with Gasteiger partial charge in [0.1, 0.15) is 23.7 Å². The van der Waals surface area contributed by atoms with Crippen LogP contribution in [-0.4, -0.2) is 62.4 Å². The summed E-state index contributed by atoms with van der Waals surface area (Å²) >= 11 is 1.50. The number of aliphatic hydroxyl groups excluding tert-OH is 3. The van der Waals surface area contributed by atoms with Gasteiger partial charge in [-0.25, -0.2) is 0 Å². The Labute approximate surface area is 129 Å². The molecule has 0 spiro atoms. The fraction of sp³-hybridized carbons (Fsp3) is 0.929. The van der Waals surface area contributed by atoms with Crippen molar-refractivity contribution in [1.82, 2.24) is 5.32 Å². The molecule has 1 amide bonds. The van der Waals surface area contributed by atoms with Crippen LogP contribution < -0.4 is 5.32 Å². The Balaban J connectivity index is 1.89. The van der Waals surface area contributed by atoms with Crippen LogP contribution in [0.15, 0.2) is 0 Å². The SMILES string of the molecule is CC(=O)NC1CCCC(S[C@@H]2O[C@@H](C)[C@@H](O)[C@@H](O)[C@@H]2O)C1. The number of ether oxygens (including phenoxy) is 1. The summed E-state index contributed by atoms with van der Waals surface area (Å²) < 4.78 is 5.62. The van der Waals surface area contributed by atoms with Gasteiger partial charge in [0.2, 0.25) is 5.91 Å². The molecule has 1 saturated heterocycles. The van der Waals surface area contributed by atoms with Gasteiger partial charge in [-0.3, -0.25) is 4.79 Å². The number of carbonyl (C=O) groups excluding carboxylic acids is 1. The van der Waals surface area contributed by atoms with Gasteiger partial charge < -0.3 is 25.4 Å². The smallest absolute Gasteiger partial charge is 0.217 e. The molecule has 1 saturated carbocycles. The summed E-state index contributed by atoms with van der Waals surface area (Å²) in [5, 5.41) is 32.8. The third-order valence-electron chi connectivity index (χ3n) is 4.17. The zero-order valence-electron chi connectivity index (χ0n) is 12.4. The van der Waals surface area contributed by atoms with E-state index in [2.05, 4.69) is 5.32 Å². The quantitative estimate of drug-likeness (QED) is 0.584. The van der Waals surface area contributed by atoms with Gasteiger partial charge in [0.25, 0.3) is 0 Å². The van der Waals surface area contributed by atoms with Crippen LogP contribution in [0.25, 0.3) is 0 Å². The summed E-state index contributed by atoms with van der Waals surface area (Å²) in [5.41, 5.74) is -0.542. The number of amides is 1. The van der Waals surface area contributed by atoms with E-state index in [1.807, 2.05) is 0 Å². The first-order valence-electron chi connectivity index (χ1n) is 7.50. The van der Waals surface area contributed by atoms with Crippen molar-refractivity contribution in [3.8, 4) is 0 Å². The minimum Gasteiger partial charge on any atom is -0.388 e. The molecule has 0 aromatic heterocycles. The van der Waals surface area contributed by atoms with Gasteiger partial charge in [0.15, 0.2) is 0 Å². The first-order valence-corrected chi connectivity index (χ1v) is 8.45. The van der Waals surface area contributed by atoms with Crippen molar-refractivity contribution < 1.29 is 24.9 Å². The average molecular weight is 319 g/mol. The van der Waals surface area contributed by atoms with E-state index in [0.29, 0.717) is 0 Å². The number of nitrogens with one attached hydrogen (secondary N) is 1. The van der Waals surface area contributed by atoms with Crippen LogP contribution in [0.1, 0.15) is 39.5 Å². The zero-order chi connectivity index (χ0) is 15.6. The van der Waals surface area contributed by atoms with Gasteiger partial charge in [-0.1, -0.05) is 6.42 Å². The van der Waals surface area contributed by atoms with Gasteiger partial charge in [0, 0.05) is 18.2 Å². The highest BCUT2D eigenvalue weighted by molar-refractivity contribution is 8.00. The van der Waals surface area contributed by atoms with E-state index >= 15 is 0 Å². The largest absolute Gasteiger partial charge is 0.388 e. The highest BCUT2D eigenvalue weighted by Crippen LogP contribution is 2.36. The summed E-state index contributed by atoms with van der Waals surface area (Å²) in [6.07, 6.45) is -0.00644. The molecule has 0 aromatic carbocycles. The predicted octanol–water partition coefficient (Wildman–Crippen LogP) is -0.00560. The molecule has 6 nitrogen and oxygen atoms in total. The maximum Gasteiger partial charge on any atom is 0.217 e. The number of hydrogen-bond acceptors (Lipinski definition) is 6. The lowest BCUT2D eigenvalue weighted by Crippen LogP contribution is -2.56. The van der Waals surface area contributed by atoms with Crippen LogP contribution >= 0.6 is 11.8 Å². The fourth-order valence-electron chi connectivity index (χ4n) is 3.00. The maximum atomic E-state index is 11.1. The van der Waals surface area contributed by atoms with E-state index < -0.39 is 29.9 Å². The first kappa shape index (κ1) is 17.0. The third kappa shape index (κ3) is 4.32. The normalized spacial score (nSPS) is 44.3. The molecule has 122 valence electrons. The molecular weight excluding hydrogens is 294 g/mol. The monoisotopic (exact) mass is 319 g/mol. The Bertz CT molecular complexity index is 369. The second-order valence-electron chi connectivity index (χ2n) is 6.00. The second-order valence-corrected chi connectivity index (χ2v) is 7.41. The number of rotatable bonds is 3. The zero-order valence-corrected chi connectivity index (χ0v) is 13.3. The minimum absolute atomic E-state index is 0.0215. The summed E-state index contributed by atoms with van der Waals surface area (Å²) in [6, 6.07) is 0.169. The third-order valence-corrected chi connectivity index (χ3v) is 5.64. The summed E-state index contributed by atoms with van der Waals surface area (Å²) in [4.78, 5) is 11.1. The molecule has 0 radical (unpaired) electrons. The second kappa shape index (κ2) is 7.28. The molecule has 2 aliphatic rings. The van der Waals surface area contributed by atoms with Crippen molar-refractivity contribution in [2.24, 2.45) is 0 Å². The minimum atomic E-state index is -1.18. The van der Waals surface area contributed by atoms with Crippen LogP contribution in [0.2, 0.25) is 0 Å². The van der Waals surface area contributed by atoms with E-state index in [-0.39, 0.29) is 17.2 Å². The standard InChI is InChI=1S/C14H25NO5S/c1-7-11(17)12(18)13(19)14(20-7)21-10-5-3-4-9(6-10)15-8(2)16/h7,9-14,17-19H,3-6H2,1-2H3,(H,15,16)/t7-,9?,10?,11+,12+,13-,14-/m0/s1. The number of carbonyl (C=O) groups is 1. The number of hydrogen-bond donors (Lipinski definition) is 4. The Kier molecular flexibility index (Phi) is 5.90. The van der Waals surface area contributed by atoms with Crippen LogP contribution in [0.3, 0.4) is 0 Å². The Morgan fingerprint density at radius 3 is 2.57 bits per heavy atom. The fourth-order valence-corrected chi connectivity index (χ4v) is 4.59. The Morgan fingerprint density at radius 1 is 1.19 bits per heavy atom. The summed E-state index contributed by atoms with van der Waals surface area (Å²) in [6.45, 7) is 3.21. The van der Waals surface area contributed by atoms with Crippen molar-refractivity contribution in [3.63, 3.8) is 0 Å². The summed E-state index contributed by atoms with van der Waals surface area (Å²) in [7, 11) is 0. The number of aliphatic hydroxyl groups is 3. The molecule has 7 atom stereocenters. The van der Waals surface area contributed by atoms with Crippen LogP contribution in [0.5, 0.6) is 0 Å². The lowest BCUT2D eigenvalue weighted by molar-refractivity contribution is -0.192. The first-order chi connectivity index (χ1) is 9.88. The van der Waals surface area contributed by atoms with Crippen molar-refractivity contribution in [1.29, 1.82) is 0 Å². The lowest BCUT2D eigenvalue weighted by Gasteiger charge is -2.41. The van der Waals surface area contributed by atoms with Gasteiger partial charge in [-0.05, 0) is 26.2 Å². The van der Waals surface area contributed by atoms with Crippen molar-refractivity contribution in [3.05, 3.63) is 0 Å². The molecule has 1 aliphatic carbocycles. The van der Waals surface area contributed by atoms with E-state index in [1.54, 1.807) is 6.92 Å². The molecule has 4 N–H and O–H groups in total.